The lowest BCUT2D eigenvalue weighted by Crippen LogP contribution is -2.17. The molecule has 0 fully saturated rings. The van der Waals surface area contributed by atoms with Crippen molar-refractivity contribution >= 4 is 12.4 Å². The maximum absolute atomic E-state index is 13.4. The van der Waals surface area contributed by atoms with E-state index in [1.807, 2.05) is 18.2 Å². The van der Waals surface area contributed by atoms with Gasteiger partial charge in [-0.05, 0) is 18.5 Å². The summed E-state index contributed by atoms with van der Waals surface area (Å²) in [6.45, 7) is 1.35. The lowest BCUT2D eigenvalue weighted by molar-refractivity contribution is 0.490. The fourth-order valence-corrected chi connectivity index (χ4v) is 1.69. The summed E-state index contributed by atoms with van der Waals surface area (Å²) in [6, 6.07) is 10.2. The van der Waals surface area contributed by atoms with Crippen molar-refractivity contribution in [3.05, 3.63) is 53.6 Å². The first kappa shape index (κ1) is 14.7. The molecule has 0 bridgehead atoms. The lowest BCUT2D eigenvalue weighted by atomic mass is 10.1. The van der Waals surface area contributed by atoms with Crippen LogP contribution in [0.15, 0.2) is 36.5 Å². The average molecular weight is 270 g/mol. The maximum Gasteiger partial charge on any atom is 0.215 e. The van der Waals surface area contributed by atoms with Crippen molar-refractivity contribution in [2.24, 2.45) is 7.05 Å². The Morgan fingerprint density at radius 1 is 1.28 bits per heavy atom. The van der Waals surface area contributed by atoms with Gasteiger partial charge in [0, 0.05) is 19.2 Å². The fraction of sp³-hybridized carbons (Fsp3) is 0.308. The molecular formula is C13H17ClFN3. The number of rotatable bonds is 5. The first-order valence-corrected chi connectivity index (χ1v) is 5.68. The molecule has 98 valence electrons. The highest BCUT2D eigenvalue weighted by Crippen LogP contribution is 2.04. The van der Waals surface area contributed by atoms with E-state index in [1.165, 1.54) is 10.2 Å². The van der Waals surface area contributed by atoms with E-state index < -0.39 is 0 Å². The van der Waals surface area contributed by atoms with Crippen LogP contribution in [0, 0.1) is 5.95 Å². The van der Waals surface area contributed by atoms with Crippen molar-refractivity contribution < 1.29 is 4.39 Å². The summed E-state index contributed by atoms with van der Waals surface area (Å²) >= 11 is 0. The molecule has 0 amide bonds. The van der Waals surface area contributed by atoms with Crippen molar-refractivity contribution in [1.82, 2.24) is 15.1 Å². The van der Waals surface area contributed by atoms with E-state index >= 15 is 0 Å². The second-order valence-electron chi connectivity index (χ2n) is 4.00. The van der Waals surface area contributed by atoms with Gasteiger partial charge in [-0.15, -0.1) is 12.4 Å². The van der Waals surface area contributed by atoms with Gasteiger partial charge in [0.15, 0.2) is 0 Å². The van der Waals surface area contributed by atoms with E-state index in [1.54, 1.807) is 13.2 Å². The first-order chi connectivity index (χ1) is 8.27. The highest BCUT2D eigenvalue weighted by molar-refractivity contribution is 5.85. The van der Waals surface area contributed by atoms with Crippen LogP contribution < -0.4 is 5.32 Å². The van der Waals surface area contributed by atoms with Crippen LogP contribution in [0.3, 0.4) is 0 Å². The number of benzene rings is 1. The van der Waals surface area contributed by atoms with Crippen LogP contribution in [0.25, 0.3) is 0 Å². The quantitative estimate of drug-likeness (QED) is 0.845. The molecule has 2 aromatic rings. The number of nitrogens with one attached hydrogen (secondary N) is 1. The Morgan fingerprint density at radius 3 is 2.61 bits per heavy atom. The number of nitrogens with zero attached hydrogens (tertiary/aromatic N) is 2. The molecule has 0 saturated carbocycles. The molecule has 1 N–H and O–H groups in total. The van der Waals surface area contributed by atoms with Crippen LogP contribution in [0.2, 0.25) is 0 Å². The Hall–Kier alpha value is -1.39. The van der Waals surface area contributed by atoms with E-state index in [2.05, 4.69) is 22.5 Å². The monoisotopic (exact) mass is 269 g/mol. The largest absolute Gasteiger partial charge is 0.312 e. The summed E-state index contributed by atoms with van der Waals surface area (Å²) in [7, 11) is 1.60. The maximum atomic E-state index is 13.4. The molecule has 0 aliphatic carbocycles. The molecule has 2 rings (SSSR count). The smallest absolute Gasteiger partial charge is 0.215 e. The molecule has 0 unspecified atom stereocenters. The average Bonchev–Trinajstić information content (AvgIpc) is 2.67. The second-order valence-corrected chi connectivity index (χ2v) is 4.00. The summed E-state index contributed by atoms with van der Waals surface area (Å²) in [5, 5.41) is 7.07. The zero-order valence-electron chi connectivity index (χ0n) is 10.3. The van der Waals surface area contributed by atoms with Crippen molar-refractivity contribution in [1.29, 1.82) is 0 Å². The zero-order chi connectivity index (χ0) is 12.1. The SMILES string of the molecule is Cl.Cn1ncc(CNCCc2ccccc2)c1F. The highest BCUT2D eigenvalue weighted by Gasteiger charge is 2.06. The van der Waals surface area contributed by atoms with Gasteiger partial charge in [-0.2, -0.15) is 9.49 Å². The van der Waals surface area contributed by atoms with Gasteiger partial charge in [-0.25, -0.2) is 4.68 Å². The van der Waals surface area contributed by atoms with Crippen molar-refractivity contribution in [3.8, 4) is 0 Å². The van der Waals surface area contributed by atoms with Crippen molar-refractivity contribution in [3.63, 3.8) is 0 Å². The lowest BCUT2D eigenvalue weighted by Gasteiger charge is -2.03. The summed E-state index contributed by atoms with van der Waals surface area (Å²) in [5.41, 5.74) is 1.90. The molecule has 3 nitrogen and oxygen atoms in total. The van der Waals surface area contributed by atoms with Gasteiger partial charge in [0.25, 0.3) is 0 Å². The number of hydrogen-bond donors (Lipinski definition) is 1. The highest BCUT2D eigenvalue weighted by atomic mass is 35.5. The Balaban J connectivity index is 0.00000162. The fourth-order valence-electron chi connectivity index (χ4n) is 1.69. The summed E-state index contributed by atoms with van der Waals surface area (Å²) in [5.74, 6) is -0.266. The topological polar surface area (TPSA) is 29.9 Å². The number of aromatic nitrogens is 2. The molecule has 0 aliphatic rings. The van der Waals surface area contributed by atoms with Crippen LogP contribution in [-0.2, 0) is 20.0 Å². The first-order valence-electron chi connectivity index (χ1n) is 5.68. The van der Waals surface area contributed by atoms with Crippen LogP contribution in [0.5, 0.6) is 0 Å². The van der Waals surface area contributed by atoms with Crippen LogP contribution in [-0.4, -0.2) is 16.3 Å². The van der Waals surface area contributed by atoms with Crippen LogP contribution >= 0.6 is 12.4 Å². The summed E-state index contributed by atoms with van der Waals surface area (Å²) in [4.78, 5) is 0. The minimum atomic E-state index is -0.266. The molecule has 18 heavy (non-hydrogen) atoms. The minimum absolute atomic E-state index is 0. The molecule has 1 heterocycles. The molecule has 1 aromatic heterocycles. The van der Waals surface area contributed by atoms with E-state index in [-0.39, 0.29) is 18.4 Å². The van der Waals surface area contributed by atoms with Gasteiger partial charge in [-0.1, -0.05) is 30.3 Å². The Morgan fingerprint density at radius 2 is 2.00 bits per heavy atom. The number of aryl methyl sites for hydroxylation is 1. The normalized spacial score (nSPS) is 10.1. The Kier molecular flexibility index (Phi) is 5.82. The van der Waals surface area contributed by atoms with E-state index in [0.29, 0.717) is 12.1 Å². The molecule has 0 atom stereocenters. The third-order valence-electron chi connectivity index (χ3n) is 2.68. The van der Waals surface area contributed by atoms with Gasteiger partial charge >= 0.3 is 0 Å². The summed E-state index contributed by atoms with van der Waals surface area (Å²) < 4.78 is 14.6. The van der Waals surface area contributed by atoms with Gasteiger partial charge < -0.3 is 5.32 Å². The molecule has 0 saturated heterocycles. The number of halogens is 2. The van der Waals surface area contributed by atoms with Gasteiger partial charge in [0.1, 0.15) is 0 Å². The number of hydrogen-bond acceptors (Lipinski definition) is 2. The molecule has 0 spiro atoms. The molecule has 0 aliphatic heterocycles. The predicted molar refractivity (Wildman–Crippen MR) is 72.3 cm³/mol. The molecular weight excluding hydrogens is 253 g/mol. The standard InChI is InChI=1S/C13H16FN3.ClH/c1-17-13(14)12(10-16-17)9-15-8-7-11-5-3-2-4-6-11;/h2-6,10,15H,7-9H2,1H3;1H. The Labute approximate surface area is 112 Å². The zero-order valence-corrected chi connectivity index (χ0v) is 11.1. The van der Waals surface area contributed by atoms with Gasteiger partial charge in [-0.3, -0.25) is 0 Å². The third-order valence-corrected chi connectivity index (χ3v) is 2.68. The minimum Gasteiger partial charge on any atom is -0.312 e. The molecule has 1 aromatic carbocycles. The van der Waals surface area contributed by atoms with Crippen LogP contribution in [0.1, 0.15) is 11.1 Å². The molecule has 0 radical (unpaired) electrons. The second kappa shape index (κ2) is 7.13. The predicted octanol–water partition coefficient (Wildman–Crippen LogP) is 2.31. The van der Waals surface area contributed by atoms with E-state index in [4.69, 9.17) is 0 Å². The Bertz CT molecular complexity index is 470. The van der Waals surface area contributed by atoms with Crippen molar-refractivity contribution in [2.45, 2.75) is 13.0 Å². The molecule has 5 heteroatoms. The summed E-state index contributed by atoms with van der Waals surface area (Å²) in [6.07, 6.45) is 2.51. The van der Waals surface area contributed by atoms with Crippen LogP contribution in [0.4, 0.5) is 4.39 Å². The van der Waals surface area contributed by atoms with Crippen molar-refractivity contribution in [2.75, 3.05) is 6.54 Å². The van der Waals surface area contributed by atoms with Gasteiger partial charge in [0.2, 0.25) is 5.95 Å². The van der Waals surface area contributed by atoms with E-state index in [9.17, 15) is 4.39 Å². The third kappa shape index (κ3) is 3.82. The van der Waals surface area contributed by atoms with Gasteiger partial charge in [0.05, 0.1) is 6.20 Å². The van der Waals surface area contributed by atoms with E-state index in [0.717, 1.165) is 13.0 Å².